The van der Waals surface area contributed by atoms with Crippen LogP contribution in [-0.2, 0) is 21.6 Å². The Balaban J connectivity index is 2.66. The number of benzene rings is 1. The lowest BCUT2D eigenvalue weighted by molar-refractivity contribution is -0.387. The second-order valence-corrected chi connectivity index (χ2v) is 8.31. The number of sulfone groups is 1. The van der Waals surface area contributed by atoms with E-state index in [0.717, 1.165) is 6.07 Å². The van der Waals surface area contributed by atoms with Gasteiger partial charge in [0.2, 0.25) is 0 Å². The van der Waals surface area contributed by atoms with Crippen LogP contribution in [0.1, 0.15) is 31.5 Å². The number of nitro benzene ring substituents is 1. The fraction of sp³-hybridized carbons (Fsp3) is 0.467. The van der Waals surface area contributed by atoms with Gasteiger partial charge in [-0.15, -0.1) is 0 Å². The van der Waals surface area contributed by atoms with Gasteiger partial charge in [-0.25, -0.2) is 8.42 Å². The lowest BCUT2D eigenvalue weighted by atomic mass is 9.99. The van der Waals surface area contributed by atoms with E-state index in [-0.39, 0.29) is 28.8 Å². The molecular formula is C15H17F3N2O5S. The van der Waals surface area contributed by atoms with Crippen molar-refractivity contribution in [1.29, 1.82) is 0 Å². The Bertz CT molecular complexity index is 952. The predicted molar refractivity (Wildman–Crippen MR) is 88.5 cm³/mol. The van der Waals surface area contributed by atoms with E-state index in [1.54, 1.807) is 0 Å². The van der Waals surface area contributed by atoms with E-state index in [1.165, 1.54) is 19.9 Å². The van der Waals surface area contributed by atoms with Gasteiger partial charge in [-0.3, -0.25) is 10.1 Å². The van der Waals surface area contributed by atoms with Gasteiger partial charge in [-0.05, 0) is 18.6 Å². The van der Waals surface area contributed by atoms with Crippen LogP contribution < -0.4 is 0 Å². The van der Waals surface area contributed by atoms with Crippen LogP contribution in [0.15, 0.2) is 18.2 Å². The molecule has 0 aliphatic heterocycles. The molecule has 1 atom stereocenters. The summed E-state index contributed by atoms with van der Waals surface area (Å²) in [5, 5.41) is 21.7. The molecule has 0 radical (unpaired) electrons. The Morgan fingerprint density at radius 1 is 1.23 bits per heavy atom. The first kappa shape index (κ1) is 20.2. The highest BCUT2D eigenvalue weighted by molar-refractivity contribution is 7.91. The first-order valence-corrected chi connectivity index (χ1v) is 9.46. The smallest absolute Gasteiger partial charge is 0.383 e. The summed E-state index contributed by atoms with van der Waals surface area (Å²) in [5.41, 5.74) is -4.48. The third-order valence-corrected chi connectivity index (χ3v) is 6.02. The third kappa shape index (κ3) is 3.83. The topological polar surface area (TPSA) is 113 Å². The van der Waals surface area contributed by atoms with Gasteiger partial charge in [0.1, 0.15) is 11.2 Å². The SMILES string of the molecule is CCC(O)(CS(=O)(=O)CC)c1cc2cc([N+](=O)[O-])c(C(F)(F)F)cc2[nH]1. The van der Waals surface area contributed by atoms with Gasteiger partial charge in [-0.1, -0.05) is 13.8 Å². The monoisotopic (exact) mass is 394 g/mol. The average molecular weight is 394 g/mol. The fourth-order valence-electron chi connectivity index (χ4n) is 2.63. The summed E-state index contributed by atoms with van der Waals surface area (Å²) < 4.78 is 63.0. The van der Waals surface area contributed by atoms with Crippen LogP contribution in [0.3, 0.4) is 0 Å². The molecule has 0 fully saturated rings. The van der Waals surface area contributed by atoms with Gasteiger partial charge >= 0.3 is 6.18 Å². The molecule has 0 spiro atoms. The molecule has 144 valence electrons. The quantitative estimate of drug-likeness (QED) is 0.577. The summed E-state index contributed by atoms with van der Waals surface area (Å²) in [6, 6.07) is 2.57. The van der Waals surface area contributed by atoms with Crippen molar-refractivity contribution in [2.75, 3.05) is 11.5 Å². The Labute approximate surface area is 146 Å². The molecule has 1 aromatic heterocycles. The van der Waals surface area contributed by atoms with E-state index in [2.05, 4.69) is 4.98 Å². The van der Waals surface area contributed by atoms with Crippen molar-refractivity contribution in [3.05, 3.63) is 39.6 Å². The maximum atomic E-state index is 13.1. The second-order valence-electron chi connectivity index (χ2n) is 5.96. The minimum absolute atomic E-state index is 0.0133. The van der Waals surface area contributed by atoms with Gasteiger partial charge in [0.25, 0.3) is 5.69 Å². The molecule has 0 amide bonds. The number of alkyl halides is 3. The van der Waals surface area contributed by atoms with Crippen molar-refractivity contribution in [1.82, 2.24) is 4.98 Å². The highest BCUT2D eigenvalue weighted by atomic mass is 32.2. The largest absolute Gasteiger partial charge is 0.423 e. The zero-order valence-corrected chi connectivity index (χ0v) is 14.7. The predicted octanol–water partition coefficient (Wildman–Crippen LogP) is 3.13. The summed E-state index contributed by atoms with van der Waals surface area (Å²) in [4.78, 5) is 12.4. The number of fused-ring (bicyclic) bond motifs is 1. The van der Waals surface area contributed by atoms with Crippen LogP contribution in [-0.4, -0.2) is 34.9 Å². The molecule has 1 unspecified atom stereocenters. The van der Waals surface area contributed by atoms with E-state index >= 15 is 0 Å². The molecule has 1 aromatic carbocycles. The number of nitro groups is 1. The second kappa shape index (κ2) is 6.54. The number of nitrogens with one attached hydrogen (secondary N) is 1. The molecule has 0 aliphatic carbocycles. The van der Waals surface area contributed by atoms with Crippen LogP contribution >= 0.6 is 0 Å². The molecule has 0 saturated heterocycles. The maximum Gasteiger partial charge on any atom is 0.423 e. The molecule has 2 rings (SSSR count). The average Bonchev–Trinajstić information content (AvgIpc) is 2.96. The Hall–Kier alpha value is -2.14. The van der Waals surface area contributed by atoms with Crippen LogP contribution in [0.25, 0.3) is 10.9 Å². The molecular weight excluding hydrogens is 377 g/mol. The number of aromatic amines is 1. The molecule has 0 bridgehead atoms. The van der Waals surface area contributed by atoms with Gasteiger partial charge in [-0.2, -0.15) is 13.2 Å². The van der Waals surface area contributed by atoms with Gasteiger partial charge < -0.3 is 10.1 Å². The van der Waals surface area contributed by atoms with Crippen LogP contribution in [0.5, 0.6) is 0 Å². The molecule has 7 nitrogen and oxygen atoms in total. The molecule has 2 aromatic rings. The fourth-order valence-corrected chi connectivity index (χ4v) is 3.93. The van der Waals surface area contributed by atoms with Crippen molar-refractivity contribution in [3.8, 4) is 0 Å². The molecule has 1 heterocycles. The lowest BCUT2D eigenvalue weighted by Gasteiger charge is -2.25. The summed E-state index contributed by atoms with van der Waals surface area (Å²) >= 11 is 0. The number of rotatable bonds is 6. The normalized spacial score (nSPS) is 15.2. The van der Waals surface area contributed by atoms with Crippen molar-refractivity contribution in [3.63, 3.8) is 0 Å². The zero-order valence-electron chi connectivity index (χ0n) is 13.9. The van der Waals surface area contributed by atoms with Crippen LogP contribution in [0.2, 0.25) is 0 Å². The minimum Gasteiger partial charge on any atom is -0.383 e. The van der Waals surface area contributed by atoms with Crippen LogP contribution in [0.4, 0.5) is 18.9 Å². The number of nitrogens with zero attached hydrogens (tertiary/aromatic N) is 1. The third-order valence-electron chi connectivity index (χ3n) is 4.22. The van der Waals surface area contributed by atoms with Gasteiger partial charge in [0.15, 0.2) is 9.84 Å². The van der Waals surface area contributed by atoms with Crippen LogP contribution in [0, 0.1) is 10.1 Å². The standard InChI is InChI=1S/C15H17F3N2O5S/c1-3-14(21,8-26(24,25)4-2)13-6-9-5-12(20(22)23)10(15(16,17)18)7-11(9)19-13/h5-7,19,21H,3-4,8H2,1-2H3. The van der Waals surface area contributed by atoms with Crippen molar-refractivity contribution >= 4 is 26.4 Å². The van der Waals surface area contributed by atoms with E-state index in [4.69, 9.17) is 0 Å². The number of halogens is 3. The number of hydrogen-bond acceptors (Lipinski definition) is 5. The Morgan fingerprint density at radius 2 is 1.85 bits per heavy atom. The summed E-state index contributed by atoms with van der Waals surface area (Å²) in [5.74, 6) is -0.826. The molecule has 26 heavy (non-hydrogen) atoms. The number of hydrogen-bond donors (Lipinski definition) is 2. The number of aromatic nitrogens is 1. The van der Waals surface area contributed by atoms with E-state index in [0.29, 0.717) is 6.07 Å². The lowest BCUT2D eigenvalue weighted by Crippen LogP contribution is -2.35. The van der Waals surface area contributed by atoms with E-state index in [1.807, 2.05) is 0 Å². The number of H-pyrrole nitrogens is 1. The Morgan fingerprint density at radius 3 is 2.31 bits per heavy atom. The molecule has 11 heteroatoms. The minimum atomic E-state index is -4.94. The molecule has 2 N–H and O–H groups in total. The van der Waals surface area contributed by atoms with Crippen molar-refractivity contribution in [2.24, 2.45) is 0 Å². The van der Waals surface area contributed by atoms with E-state index < -0.39 is 43.5 Å². The first-order chi connectivity index (χ1) is 11.8. The first-order valence-electron chi connectivity index (χ1n) is 7.64. The molecule has 0 aliphatic rings. The highest BCUT2D eigenvalue weighted by Gasteiger charge is 2.40. The Kier molecular flexibility index (Phi) is 5.08. The van der Waals surface area contributed by atoms with Gasteiger partial charge in [0.05, 0.1) is 10.7 Å². The highest BCUT2D eigenvalue weighted by Crippen LogP contribution is 2.39. The zero-order chi connectivity index (χ0) is 19.9. The summed E-state index contributed by atoms with van der Waals surface area (Å²) in [7, 11) is -3.59. The maximum absolute atomic E-state index is 13.1. The van der Waals surface area contributed by atoms with E-state index in [9.17, 15) is 36.8 Å². The summed E-state index contributed by atoms with van der Waals surface area (Å²) in [6.45, 7) is 2.94. The van der Waals surface area contributed by atoms with Gasteiger partial charge in [0, 0.05) is 28.4 Å². The summed E-state index contributed by atoms with van der Waals surface area (Å²) in [6.07, 6.45) is -4.96. The molecule has 0 saturated carbocycles. The van der Waals surface area contributed by atoms with Crippen molar-refractivity contribution < 1.29 is 31.6 Å². The number of aliphatic hydroxyl groups is 1. The van der Waals surface area contributed by atoms with Crippen molar-refractivity contribution in [2.45, 2.75) is 32.0 Å².